The van der Waals surface area contributed by atoms with Gasteiger partial charge in [0.1, 0.15) is 12.4 Å². The van der Waals surface area contributed by atoms with Crippen LogP contribution in [0.4, 0.5) is 0 Å². The molecule has 0 aliphatic heterocycles. The molecule has 0 aliphatic carbocycles. The monoisotopic (exact) mass is 210 g/mol. The summed E-state index contributed by atoms with van der Waals surface area (Å²) in [6.07, 6.45) is 3.36. The Hall–Kier alpha value is -2.34. The van der Waals surface area contributed by atoms with Crippen molar-refractivity contribution in [3.63, 3.8) is 0 Å². The lowest BCUT2D eigenvalue weighted by molar-refractivity contribution is 0.305. The molecule has 78 valence electrons. The van der Waals surface area contributed by atoms with Crippen LogP contribution >= 0.6 is 0 Å². The van der Waals surface area contributed by atoms with Crippen LogP contribution < -0.4 is 4.74 Å². The van der Waals surface area contributed by atoms with Crippen LogP contribution in [0.3, 0.4) is 0 Å². The molecule has 0 saturated carbocycles. The van der Waals surface area contributed by atoms with E-state index in [0.29, 0.717) is 12.2 Å². The van der Waals surface area contributed by atoms with E-state index in [4.69, 9.17) is 10.00 Å². The van der Waals surface area contributed by atoms with Crippen LogP contribution in [-0.4, -0.2) is 4.98 Å². The maximum absolute atomic E-state index is 8.75. The highest BCUT2D eigenvalue weighted by molar-refractivity contribution is 5.32. The van der Waals surface area contributed by atoms with Crippen molar-refractivity contribution < 1.29 is 4.74 Å². The predicted octanol–water partition coefficient (Wildman–Crippen LogP) is 2.53. The second-order valence-electron chi connectivity index (χ2n) is 3.29. The van der Waals surface area contributed by atoms with Crippen LogP contribution in [0, 0.1) is 11.3 Å². The van der Waals surface area contributed by atoms with Crippen LogP contribution in [0.25, 0.3) is 0 Å². The van der Waals surface area contributed by atoms with Crippen molar-refractivity contribution in [3.8, 4) is 11.8 Å². The van der Waals surface area contributed by atoms with E-state index in [0.717, 1.165) is 11.3 Å². The van der Waals surface area contributed by atoms with E-state index in [1.165, 1.54) is 0 Å². The minimum absolute atomic E-state index is 0.446. The molecule has 0 spiro atoms. The van der Waals surface area contributed by atoms with Gasteiger partial charge in [0.25, 0.3) is 0 Å². The third-order valence-electron chi connectivity index (χ3n) is 2.10. The molecule has 0 amide bonds. The molecule has 1 aromatic heterocycles. The minimum atomic E-state index is 0.446. The number of nitriles is 1. The van der Waals surface area contributed by atoms with E-state index >= 15 is 0 Å². The number of hydrogen-bond donors (Lipinski definition) is 0. The summed E-state index contributed by atoms with van der Waals surface area (Å²) in [7, 11) is 0. The molecule has 0 bridgehead atoms. The molecule has 2 aromatic rings. The van der Waals surface area contributed by atoms with Crippen LogP contribution in [-0.2, 0) is 6.61 Å². The lowest BCUT2D eigenvalue weighted by Gasteiger charge is -2.05. The SMILES string of the molecule is N#Cc1cccc(COc2cccnc2)c1. The molecule has 0 fully saturated rings. The van der Waals surface area contributed by atoms with Crippen molar-refractivity contribution in [1.82, 2.24) is 4.98 Å². The molecule has 1 aromatic carbocycles. The zero-order chi connectivity index (χ0) is 11.2. The van der Waals surface area contributed by atoms with Crippen molar-refractivity contribution in [3.05, 3.63) is 59.9 Å². The number of ether oxygens (including phenoxy) is 1. The first-order valence-corrected chi connectivity index (χ1v) is 4.90. The van der Waals surface area contributed by atoms with Crippen molar-refractivity contribution in [1.29, 1.82) is 5.26 Å². The first-order chi connectivity index (χ1) is 7.88. The Morgan fingerprint density at radius 1 is 1.25 bits per heavy atom. The smallest absolute Gasteiger partial charge is 0.138 e. The average Bonchev–Trinajstić information content (AvgIpc) is 2.38. The standard InChI is InChI=1S/C13H10N2O/c14-8-11-3-1-4-12(7-11)10-16-13-5-2-6-15-9-13/h1-7,9H,10H2. The van der Waals surface area contributed by atoms with Crippen molar-refractivity contribution >= 4 is 0 Å². The fraction of sp³-hybridized carbons (Fsp3) is 0.0769. The number of aromatic nitrogens is 1. The normalized spacial score (nSPS) is 9.44. The van der Waals surface area contributed by atoms with Crippen molar-refractivity contribution in [2.75, 3.05) is 0 Å². The molecule has 16 heavy (non-hydrogen) atoms. The maximum atomic E-state index is 8.75. The van der Waals surface area contributed by atoms with Gasteiger partial charge in [0, 0.05) is 6.20 Å². The first kappa shape index (κ1) is 10.2. The molecule has 0 saturated heterocycles. The van der Waals surface area contributed by atoms with E-state index in [2.05, 4.69) is 11.1 Å². The number of benzene rings is 1. The van der Waals surface area contributed by atoms with E-state index in [1.807, 2.05) is 30.3 Å². The van der Waals surface area contributed by atoms with E-state index < -0.39 is 0 Å². The Morgan fingerprint density at radius 3 is 2.94 bits per heavy atom. The highest BCUT2D eigenvalue weighted by Crippen LogP contribution is 2.11. The lowest BCUT2D eigenvalue weighted by atomic mass is 10.1. The van der Waals surface area contributed by atoms with Gasteiger partial charge in [-0.1, -0.05) is 12.1 Å². The summed E-state index contributed by atoms with van der Waals surface area (Å²) in [5.74, 6) is 0.727. The number of pyridine rings is 1. The largest absolute Gasteiger partial charge is 0.487 e. The zero-order valence-corrected chi connectivity index (χ0v) is 8.63. The van der Waals surface area contributed by atoms with E-state index in [9.17, 15) is 0 Å². The summed E-state index contributed by atoms with van der Waals surface area (Å²) < 4.78 is 5.52. The maximum Gasteiger partial charge on any atom is 0.138 e. The second-order valence-corrected chi connectivity index (χ2v) is 3.29. The molecule has 1 heterocycles. The zero-order valence-electron chi connectivity index (χ0n) is 8.63. The van der Waals surface area contributed by atoms with Gasteiger partial charge >= 0.3 is 0 Å². The third-order valence-corrected chi connectivity index (χ3v) is 2.10. The molecule has 0 radical (unpaired) electrons. The topological polar surface area (TPSA) is 45.9 Å². The molecule has 0 aliphatic rings. The lowest BCUT2D eigenvalue weighted by Crippen LogP contribution is -1.95. The third kappa shape index (κ3) is 2.58. The predicted molar refractivity (Wildman–Crippen MR) is 59.7 cm³/mol. The number of nitrogens with zero attached hydrogens (tertiary/aromatic N) is 2. The Kier molecular flexibility index (Phi) is 3.15. The Bertz CT molecular complexity index is 503. The number of rotatable bonds is 3. The van der Waals surface area contributed by atoms with Crippen LogP contribution in [0.15, 0.2) is 48.8 Å². The summed E-state index contributed by atoms with van der Waals surface area (Å²) in [4.78, 5) is 3.95. The molecule has 0 N–H and O–H groups in total. The summed E-state index contributed by atoms with van der Waals surface area (Å²) in [5, 5.41) is 8.75. The van der Waals surface area contributed by atoms with Gasteiger partial charge in [-0.05, 0) is 29.8 Å². The minimum Gasteiger partial charge on any atom is -0.487 e. The fourth-order valence-corrected chi connectivity index (χ4v) is 1.33. The molecule has 3 nitrogen and oxygen atoms in total. The average molecular weight is 210 g/mol. The summed E-state index contributed by atoms with van der Waals surface area (Å²) in [5.41, 5.74) is 1.62. The Balaban J connectivity index is 2.03. The van der Waals surface area contributed by atoms with Crippen LogP contribution in [0.5, 0.6) is 5.75 Å². The molecule has 0 atom stereocenters. The summed E-state index contributed by atoms with van der Waals surface area (Å²) in [6, 6.07) is 13.1. The Morgan fingerprint density at radius 2 is 2.19 bits per heavy atom. The van der Waals surface area contributed by atoms with E-state index in [1.54, 1.807) is 18.5 Å². The van der Waals surface area contributed by atoms with Crippen molar-refractivity contribution in [2.24, 2.45) is 0 Å². The number of hydrogen-bond acceptors (Lipinski definition) is 3. The summed E-state index contributed by atoms with van der Waals surface area (Å²) in [6.45, 7) is 0.446. The van der Waals surface area contributed by atoms with Crippen LogP contribution in [0.2, 0.25) is 0 Å². The Labute approximate surface area is 93.9 Å². The van der Waals surface area contributed by atoms with Gasteiger partial charge in [0.05, 0.1) is 17.8 Å². The van der Waals surface area contributed by atoms with Gasteiger partial charge in [-0.25, -0.2) is 0 Å². The van der Waals surface area contributed by atoms with Gasteiger partial charge in [-0.3, -0.25) is 4.98 Å². The fourth-order valence-electron chi connectivity index (χ4n) is 1.33. The van der Waals surface area contributed by atoms with E-state index in [-0.39, 0.29) is 0 Å². The second kappa shape index (κ2) is 4.94. The van der Waals surface area contributed by atoms with Crippen LogP contribution in [0.1, 0.15) is 11.1 Å². The van der Waals surface area contributed by atoms with Crippen molar-refractivity contribution in [2.45, 2.75) is 6.61 Å². The van der Waals surface area contributed by atoms with Gasteiger partial charge in [-0.2, -0.15) is 5.26 Å². The van der Waals surface area contributed by atoms with Gasteiger partial charge < -0.3 is 4.74 Å². The quantitative estimate of drug-likeness (QED) is 0.782. The summed E-state index contributed by atoms with van der Waals surface area (Å²) >= 11 is 0. The van der Waals surface area contributed by atoms with Gasteiger partial charge in [-0.15, -0.1) is 0 Å². The molecular weight excluding hydrogens is 200 g/mol. The molecule has 2 rings (SSSR count). The molecule has 0 unspecified atom stereocenters. The highest BCUT2D eigenvalue weighted by atomic mass is 16.5. The highest BCUT2D eigenvalue weighted by Gasteiger charge is 1.97. The molecule has 3 heteroatoms. The molecular formula is C13H10N2O. The van der Waals surface area contributed by atoms with Gasteiger partial charge in [0.2, 0.25) is 0 Å². The first-order valence-electron chi connectivity index (χ1n) is 4.90. The van der Waals surface area contributed by atoms with Gasteiger partial charge in [0.15, 0.2) is 0 Å².